The smallest absolute Gasteiger partial charge is 0.270 e. The fourth-order valence-electron chi connectivity index (χ4n) is 1.18. The van der Waals surface area contributed by atoms with Gasteiger partial charge >= 0.3 is 0 Å². The van der Waals surface area contributed by atoms with E-state index in [1.165, 1.54) is 6.33 Å². The van der Waals surface area contributed by atoms with Crippen molar-refractivity contribution >= 4 is 5.91 Å². The molecular weight excluding hydrogens is 204 g/mol. The lowest BCUT2D eigenvalue weighted by Crippen LogP contribution is -2.24. The van der Waals surface area contributed by atoms with Gasteiger partial charge in [0.25, 0.3) is 5.91 Å². The third-order valence-corrected chi connectivity index (χ3v) is 1.97. The molecular formula is C11H10N4O. The van der Waals surface area contributed by atoms with Crippen LogP contribution in [0.25, 0.3) is 0 Å². The SMILES string of the molecule is O=C(NCc1ccncn1)c1ccccn1. The maximum Gasteiger partial charge on any atom is 0.270 e. The zero-order chi connectivity index (χ0) is 11.2. The highest BCUT2D eigenvalue weighted by molar-refractivity contribution is 5.92. The van der Waals surface area contributed by atoms with Gasteiger partial charge in [0.05, 0.1) is 12.2 Å². The van der Waals surface area contributed by atoms with Crippen LogP contribution in [0.3, 0.4) is 0 Å². The third-order valence-electron chi connectivity index (χ3n) is 1.97. The molecule has 5 heteroatoms. The molecule has 0 aromatic carbocycles. The summed E-state index contributed by atoms with van der Waals surface area (Å²) >= 11 is 0. The first kappa shape index (κ1) is 10.2. The van der Waals surface area contributed by atoms with Gasteiger partial charge in [0, 0.05) is 12.4 Å². The standard InChI is InChI=1S/C11H10N4O/c16-11(10-3-1-2-5-13-10)14-7-9-4-6-12-8-15-9/h1-6,8H,7H2,(H,14,16). The van der Waals surface area contributed by atoms with Crippen LogP contribution in [0.5, 0.6) is 0 Å². The molecule has 2 rings (SSSR count). The summed E-state index contributed by atoms with van der Waals surface area (Å²) in [6.07, 6.45) is 4.66. The number of hydrogen-bond acceptors (Lipinski definition) is 4. The Balaban J connectivity index is 1.95. The van der Waals surface area contributed by atoms with Crippen molar-refractivity contribution in [2.75, 3.05) is 0 Å². The molecule has 0 aliphatic rings. The number of rotatable bonds is 3. The first-order chi connectivity index (χ1) is 7.86. The maximum absolute atomic E-state index is 11.6. The van der Waals surface area contributed by atoms with Gasteiger partial charge in [-0.25, -0.2) is 9.97 Å². The van der Waals surface area contributed by atoms with Gasteiger partial charge in [-0.1, -0.05) is 6.07 Å². The summed E-state index contributed by atoms with van der Waals surface area (Å²) < 4.78 is 0. The van der Waals surface area contributed by atoms with Crippen molar-refractivity contribution in [3.8, 4) is 0 Å². The van der Waals surface area contributed by atoms with Crippen LogP contribution in [-0.4, -0.2) is 20.9 Å². The molecule has 2 aromatic rings. The molecule has 1 amide bonds. The minimum Gasteiger partial charge on any atom is -0.345 e. The lowest BCUT2D eigenvalue weighted by Gasteiger charge is -2.03. The van der Waals surface area contributed by atoms with Gasteiger partial charge in [0.15, 0.2) is 0 Å². The average Bonchev–Trinajstić information content (AvgIpc) is 2.38. The number of carbonyl (C=O) groups excluding carboxylic acids is 1. The van der Waals surface area contributed by atoms with Crippen LogP contribution in [0.2, 0.25) is 0 Å². The number of aromatic nitrogens is 3. The molecule has 80 valence electrons. The van der Waals surface area contributed by atoms with Gasteiger partial charge in [-0.2, -0.15) is 0 Å². The van der Waals surface area contributed by atoms with Crippen molar-refractivity contribution in [1.29, 1.82) is 0 Å². The van der Waals surface area contributed by atoms with E-state index in [0.29, 0.717) is 12.2 Å². The Labute approximate surface area is 92.6 Å². The van der Waals surface area contributed by atoms with Gasteiger partial charge < -0.3 is 5.32 Å². The molecule has 0 aliphatic heterocycles. The van der Waals surface area contributed by atoms with Crippen molar-refractivity contribution in [2.24, 2.45) is 0 Å². The summed E-state index contributed by atoms with van der Waals surface area (Å²) in [4.78, 5) is 23.3. The van der Waals surface area contributed by atoms with Crippen LogP contribution in [0.1, 0.15) is 16.2 Å². The van der Waals surface area contributed by atoms with Crippen molar-refractivity contribution in [2.45, 2.75) is 6.54 Å². The Kier molecular flexibility index (Phi) is 3.18. The van der Waals surface area contributed by atoms with Gasteiger partial charge in [0.1, 0.15) is 12.0 Å². The fourth-order valence-corrected chi connectivity index (χ4v) is 1.18. The molecule has 2 heterocycles. The lowest BCUT2D eigenvalue weighted by atomic mass is 10.3. The number of pyridine rings is 1. The Morgan fingerprint density at radius 1 is 1.19 bits per heavy atom. The number of hydrogen-bond donors (Lipinski definition) is 1. The second-order valence-electron chi connectivity index (χ2n) is 3.10. The van der Waals surface area contributed by atoms with Gasteiger partial charge in [-0.05, 0) is 18.2 Å². The van der Waals surface area contributed by atoms with Crippen LogP contribution in [0.4, 0.5) is 0 Å². The average molecular weight is 214 g/mol. The molecule has 0 spiro atoms. The maximum atomic E-state index is 11.6. The van der Waals surface area contributed by atoms with E-state index in [-0.39, 0.29) is 5.91 Å². The van der Waals surface area contributed by atoms with Crippen molar-refractivity contribution < 1.29 is 4.79 Å². The molecule has 0 bridgehead atoms. The van der Waals surface area contributed by atoms with Crippen molar-refractivity contribution in [3.63, 3.8) is 0 Å². The third kappa shape index (κ3) is 2.60. The molecule has 0 atom stereocenters. The molecule has 0 saturated carbocycles. The summed E-state index contributed by atoms with van der Waals surface area (Å²) in [5, 5.41) is 2.72. The van der Waals surface area contributed by atoms with E-state index >= 15 is 0 Å². The predicted molar refractivity (Wildman–Crippen MR) is 57.4 cm³/mol. The topological polar surface area (TPSA) is 67.8 Å². The van der Waals surface area contributed by atoms with E-state index in [9.17, 15) is 4.79 Å². The highest BCUT2D eigenvalue weighted by atomic mass is 16.1. The Morgan fingerprint density at radius 2 is 2.12 bits per heavy atom. The Bertz CT molecular complexity index is 458. The fraction of sp³-hybridized carbons (Fsp3) is 0.0909. The first-order valence-corrected chi connectivity index (χ1v) is 4.80. The van der Waals surface area contributed by atoms with E-state index < -0.39 is 0 Å². The minimum absolute atomic E-state index is 0.209. The van der Waals surface area contributed by atoms with E-state index in [1.807, 2.05) is 0 Å². The van der Waals surface area contributed by atoms with Crippen LogP contribution >= 0.6 is 0 Å². The minimum atomic E-state index is -0.209. The summed E-state index contributed by atoms with van der Waals surface area (Å²) in [5.74, 6) is -0.209. The van der Waals surface area contributed by atoms with Crippen LogP contribution in [0.15, 0.2) is 43.0 Å². The van der Waals surface area contributed by atoms with Crippen molar-refractivity contribution in [3.05, 3.63) is 54.4 Å². The molecule has 0 aliphatic carbocycles. The number of amides is 1. The second kappa shape index (κ2) is 4.97. The molecule has 0 saturated heterocycles. The lowest BCUT2D eigenvalue weighted by molar-refractivity contribution is 0.0945. The van der Waals surface area contributed by atoms with Crippen molar-refractivity contribution in [1.82, 2.24) is 20.3 Å². The number of carbonyl (C=O) groups is 1. The molecule has 5 nitrogen and oxygen atoms in total. The highest BCUT2D eigenvalue weighted by Gasteiger charge is 2.05. The van der Waals surface area contributed by atoms with E-state index in [2.05, 4.69) is 20.3 Å². The summed E-state index contributed by atoms with van der Waals surface area (Å²) in [6.45, 7) is 0.373. The summed E-state index contributed by atoms with van der Waals surface area (Å²) in [5.41, 5.74) is 1.16. The van der Waals surface area contributed by atoms with Gasteiger partial charge in [-0.15, -0.1) is 0 Å². The first-order valence-electron chi connectivity index (χ1n) is 4.80. The monoisotopic (exact) mass is 214 g/mol. The van der Waals surface area contributed by atoms with Crippen LogP contribution in [-0.2, 0) is 6.54 Å². The van der Waals surface area contributed by atoms with Crippen LogP contribution in [0, 0.1) is 0 Å². The number of nitrogens with zero attached hydrogens (tertiary/aromatic N) is 3. The molecule has 1 N–H and O–H groups in total. The number of nitrogens with one attached hydrogen (secondary N) is 1. The zero-order valence-corrected chi connectivity index (χ0v) is 8.50. The summed E-state index contributed by atoms with van der Waals surface area (Å²) in [7, 11) is 0. The zero-order valence-electron chi connectivity index (χ0n) is 8.50. The van der Waals surface area contributed by atoms with Gasteiger partial charge in [0.2, 0.25) is 0 Å². The Hall–Kier alpha value is -2.30. The largest absolute Gasteiger partial charge is 0.345 e. The molecule has 16 heavy (non-hydrogen) atoms. The van der Waals surface area contributed by atoms with Crippen LogP contribution < -0.4 is 5.32 Å². The highest BCUT2D eigenvalue weighted by Crippen LogP contribution is 1.95. The molecule has 0 fully saturated rings. The quantitative estimate of drug-likeness (QED) is 0.820. The molecule has 0 radical (unpaired) electrons. The predicted octanol–water partition coefficient (Wildman–Crippen LogP) is 0.802. The van der Waals surface area contributed by atoms with E-state index in [4.69, 9.17) is 0 Å². The summed E-state index contributed by atoms with van der Waals surface area (Å²) in [6, 6.07) is 6.95. The Morgan fingerprint density at radius 3 is 2.81 bits per heavy atom. The molecule has 0 unspecified atom stereocenters. The van der Waals surface area contributed by atoms with E-state index in [0.717, 1.165) is 5.69 Å². The normalized spacial score (nSPS) is 9.75. The van der Waals surface area contributed by atoms with Gasteiger partial charge in [-0.3, -0.25) is 9.78 Å². The molecule has 2 aromatic heterocycles. The second-order valence-corrected chi connectivity index (χ2v) is 3.10. The van der Waals surface area contributed by atoms with E-state index in [1.54, 1.807) is 36.7 Å².